The molecule has 0 fully saturated rings. The predicted octanol–water partition coefficient (Wildman–Crippen LogP) is 4.05. The Morgan fingerprint density at radius 3 is 2.52 bits per heavy atom. The molecule has 2 amide bonds. The average Bonchev–Trinajstić information content (AvgIpc) is 3.10. The molecule has 0 spiro atoms. The van der Waals surface area contributed by atoms with Gasteiger partial charge in [0.1, 0.15) is 11.5 Å². The molecule has 3 rings (SSSR count). The van der Waals surface area contributed by atoms with Crippen LogP contribution in [0.5, 0.6) is 0 Å². The summed E-state index contributed by atoms with van der Waals surface area (Å²) >= 11 is 0. The average molecular weight is 394 g/mol. The van der Waals surface area contributed by atoms with Gasteiger partial charge in [-0.25, -0.2) is 9.07 Å². The van der Waals surface area contributed by atoms with Gasteiger partial charge in [0.15, 0.2) is 0 Å². The Bertz CT molecular complexity index is 1040. The Labute approximate surface area is 169 Å². The van der Waals surface area contributed by atoms with Crippen molar-refractivity contribution in [3.05, 3.63) is 77.4 Å². The van der Waals surface area contributed by atoms with Crippen LogP contribution in [0.2, 0.25) is 0 Å². The zero-order valence-electron chi connectivity index (χ0n) is 16.6. The number of nitrogens with zero attached hydrogens (tertiary/aromatic N) is 3. The van der Waals surface area contributed by atoms with Gasteiger partial charge in [-0.2, -0.15) is 5.10 Å². The summed E-state index contributed by atoms with van der Waals surface area (Å²) in [5, 5.41) is 6.95. The molecule has 3 aromatic rings. The van der Waals surface area contributed by atoms with E-state index in [4.69, 9.17) is 0 Å². The van der Waals surface area contributed by atoms with E-state index >= 15 is 0 Å². The molecule has 0 aliphatic carbocycles. The summed E-state index contributed by atoms with van der Waals surface area (Å²) < 4.78 is 15.5. The number of hydrogen-bond acceptors (Lipinski definition) is 3. The molecule has 0 aliphatic rings. The summed E-state index contributed by atoms with van der Waals surface area (Å²) in [7, 11) is 0. The number of rotatable bonds is 6. The molecular weight excluding hydrogens is 371 g/mol. The molecule has 0 saturated heterocycles. The summed E-state index contributed by atoms with van der Waals surface area (Å²) in [5.41, 5.74) is 2.13. The highest BCUT2D eigenvalue weighted by Crippen LogP contribution is 2.19. The molecule has 6 nitrogen and oxygen atoms in total. The summed E-state index contributed by atoms with van der Waals surface area (Å²) in [6, 6.07) is 13.0. The van der Waals surface area contributed by atoms with Crippen LogP contribution < -0.4 is 5.32 Å². The van der Waals surface area contributed by atoms with Gasteiger partial charge < -0.3 is 10.2 Å². The molecule has 7 heteroatoms. The van der Waals surface area contributed by atoms with E-state index in [-0.39, 0.29) is 17.5 Å². The lowest BCUT2D eigenvalue weighted by Gasteiger charge is -2.19. The van der Waals surface area contributed by atoms with Crippen molar-refractivity contribution >= 4 is 17.5 Å². The number of anilines is 1. The molecule has 0 radical (unpaired) electrons. The van der Waals surface area contributed by atoms with Crippen molar-refractivity contribution in [3.8, 4) is 5.69 Å². The van der Waals surface area contributed by atoms with Crippen LogP contribution in [0.25, 0.3) is 5.69 Å². The fraction of sp³-hybridized carbons (Fsp3) is 0.227. The van der Waals surface area contributed by atoms with E-state index in [0.29, 0.717) is 35.6 Å². The van der Waals surface area contributed by atoms with Crippen LogP contribution in [0.4, 0.5) is 10.1 Å². The van der Waals surface area contributed by atoms with Gasteiger partial charge >= 0.3 is 0 Å². The highest BCUT2D eigenvalue weighted by atomic mass is 19.1. The smallest absolute Gasteiger partial charge is 0.259 e. The second kappa shape index (κ2) is 8.68. The minimum absolute atomic E-state index is 0.0883. The van der Waals surface area contributed by atoms with E-state index in [1.807, 2.05) is 13.8 Å². The molecule has 1 N–H and O–H groups in total. The molecule has 0 aliphatic heterocycles. The van der Waals surface area contributed by atoms with Crippen molar-refractivity contribution < 1.29 is 14.0 Å². The third-order valence-corrected chi connectivity index (χ3v) is 4.75. The normalized spacial score (nSPS) is 10.6. The summed E-state index contributed by atoms with van der Waals surface area (Å²) in [4.78, 5) is 27.0. The molecule has 29 heavy (non-hydrogen) atoms. The number of aromatic nitrogens is 2. The molecule has 0 bridgehead atoms. The van der Waals surface area contributed by atoms with Crippen molar-refractivity contribution in [2.45, 2.75) is 20.8 Å². The summed E-state index contributed by atoms with van der Waals surface area (Å²) in [5.74, 6) is -0.888. The monoisotopic (exact) mass is 394 g/mol. The predicted molar refractivity (Wildman–Crippen MR) is 110 cm³/mol. The van der Waals surface area contributed by atoms with Gasteiger partial charge in [-0.3, -0.25) is 9.59 Å². The van der Waals surface area contributed by atoms with Crippen molar-refractivity contribution in [2.24, 2.45) is 0 Å². The van der Waals surface area contributed by atoms with Crippen LogP contribution in [-0.4, -0.2) is 39.6 Å². The second-order valence-corrected chi connectivity index (χ2v) is 6.52. The lowest BCUT2D eigenvalue weighted by molar-refractivity contribution is 0.0772. The fourth-order valence-electron chi connectivity index (χ4n) is 3.12. The quantitative estimate of drug-likeness (QED) is 0.686. The number of amides is 2. The maximum absolute atomic E-state index is 14.1. The zero-order chi connectivity index (χ0) is 21.0. The molecule has 1 heterocycles. The van der Waals surface area contributed by atoms with Gasteiger partial charge in [0.2, 0.25) is 0 Å². The largest absolute Gasteiger partial charge is 0.339 e. The lowest BCUT2D eigenvalue weighted by Crippen LogP contribution is -2.30. The highest BCUT2D eigenvalue weighted by molar-refractivity contribution is 6.05. The van der Waals surface area contributed by atoms with Gasteiger partial charge in [0, 0.05) is 24.3 Å². The molecule has 0 saturated carbocycles. The first kappa shape index (κ1) is 20.3. The molecule has 1 aromatic heterocycles. The van der Waals surface area contributed by atoms with Crippen LogP contribution in [0, 0.1) is 12.7 Å². The standard InChI is InChI=1S/C22H23FN4O2/c1-4-26(5-2)22(29)16-9-8-10-17(13-16)25-21(28)18-14-24-27(15(18)3)20-12-7-6-11-19(20)23/h6-14H,4-5H2,1-3H3,(H,25,28). The number of nitrogens with one attached hydrogen (secondary N) is 1. The SMILES string of the molecule is CCN(CC)C(=O)c1cccc(NC(=O)c2cnn(-c3ccccc3F)c2C)c1. The Morgan fingerprint density at radius 2 is 1.83 bits per heavy atom. The van der Waals surface area contributed by atoms with E-state index in [9.17, 15) is 14.0 Å². The van der Waals surface area contributed by atoms with Crippen molar-refractivity contribution in [2.75, 3.05) is 18.4 Å². The number of para-hydroxylation sites is 1. The van der Waals surface area contributed by atoms with Gasteiger partial charge in [-0.15, -0.1) is 0 Å². The van der Waals surface area contributed by atoms with Gasteiger partial charge in [0.25, 0.3) is 11.8 Å². The number of carbonyl (C=O) groups excluding carboxylic acids is 2. The fourth-order valence-corrected chi connectivity index (χ4v) is 3.12. The first-order chi connectivity index (χ1) is 14.0. The van der Waals surface area contributed by atoms with Crippen LogP contribution in [-0.2, 0) is 0 Å². The number of halogens is 1. The molecule has 0 atom stereocenters. The molecule has 150 valence electrons. The number of benzene rings is 2. The van der Waals surface area contributed by atoms with Gasteiger partial charge in [-0.05, 0) is 51.1 Å². The van der Waals surface area contributed by atoms with Crippen LogP contribution in [0.15, 0.2) is 54.7 Å². The maximum Gasteiger partial charge on any atom is 0.259 e. The first-order valence-electron chi connectivity index (χ1n) is 9.46. The second-order valence-electron chi connectivity index (χ2n) is 6.52. The number of hydrogen-bond donors (Lipinski definition) is 1. The van der Waals surface area contributed by atoms with Crippen molar-refractivity contribution in [1.82, 2.24) is 14.7 Å². The lowest BCUT2D eigenvalue weighted by atomic mass is 10.1. The van der Waals surface area contributed by atoms with E-state index in [1.54, 1.807) is 54.3 Å². The minimum Gasteiger partial charge on any atom is -0.339 e. The maximum atomic E-state index is 14.1. The van der Waals surface area contributed by atoms with E-state index in [0.717, 1.165) is 0 Å². The number of carbonyl (C=O) groups is 2. The molecule has 2 aromatic carbocycles. The van der Waals surface area contributed by atoms with E-state index in [2.05, 4.69) is 10.4 Å². The van der Waals surface area contributed by atoms with Crippen molar-refractivity contribution in [1.29, 1.82) is 0 Å². The Hall–Kier alpha value is -3.48. The van der Waals surface area contributed by atoms with Crippen LogP contribution >= 0.6 is 0 Å². The third kappa shape index (κ3) is 4.18. The Kier molecular flexibility index (Phi) is 6.07. The third-order valence-electron chi connectivity index (χ3n) is 4.75. The minimum atomic E-state index is -0.423. The Morgan fingerprint density at radius 1 is 1.10 bits per heavy atom. The zero-order valence-corrected chi connectivity index (χ0v) is 16.6. The summed E-state index contributed by atoms with van der Waals surface area (Å²) in [6.45, 7) is 6.77. The van der Waals surface area contributed by atoms with E-state index in [1.165, 1.54) is 16.9 Å². The molecular formula is C22H23FN4O2. The van der Waals surface area contributed by atoms with Crippen LogP contribution in [0.1, 0.15) is 40.3 Å². The van der Waals surface area contributed by atoms with Crippen molar-refractivity contribution in [3.63, 3.8) is 0 Å². The molecule has 0 unspecified atom stereocenters. The van der Waals surface area contributed by atoms with Gasteiger partial charge in [-0.1, -0.05) is 18.2 Å². The first-order valence-corrected chi connectivity index (χ1v) is 9.46. The van der Waals surface area contributed by atoms with Crippen LogP contribution in [0.3, 0.4) is 0 Å². The highest BCUT2D eigenvalue weighted by Gasteiger charge is 2.18. The van der Waals surface area contributed by atoms with E-state index < -0.39 is 5.82 Å². The summed E-state index contributed by atoms with van der Waals surface area (Å²) in [6.07, 6.45) is 1.40. The Balaban J connectivity index is 1.82. The topological polar surface area (TPSA) is 67.2 Å². The van der Waals surface area contributed by atoms with Gasteiger partial charge in [0.05, 0.1) is 17.5 Å².